The zero-order valence-corrected chi connectivity index (χ0v) is 13.7. The van der Waals surface area contributed by atoms with Gasteiger partial charge >= 0.3 is 6.03 Å². The molecule has 1 N–H and O–H groups in total. The molecular weight excluding hydrogens is 337 g/mol. The van der Waals surface area contributed by atoms with Gasteiger partial charge in [-0.1, -0.05) is 23.7 Å². The minimum Gasteiger partial charge on any atom is -0.337 e. The molecule has 128 valence electrons. The summed E-state index contributed by atoms with van der Waals surface area (Å²) in [5, 5.41) is 2.61. The highest BCUT2D eigenvalue weighted by atomic mass is 35.5. The van der Waals surface area contributed by atoms with Gasteiger partial charge in [-0.3, -0.25) is 14.9 Å². The number of halogens is 2. The zero-order chi connectivity index (χ0) is 17.3. The number of urea groups is 1. The smallest absolute Gasteiger partial charge is 0.324 e. The number of imide groups is 1. The van der Waals surface area contributed by atoms with Gasteiger partial charge in [-0.2, -0.15) is 0 Å². The molecule has 2 fully saturated rings. The fourth-order valence-corrected chi connectivity index (χ4v) is 3.19. The van der Waals surface area contributed by atoms with Gasteiger partial charge in [0.25, 0.3) is 0 Å². The summed E-state index contributed by atoms with van der Waals surface area (Å²) in [6.45, 7) is 0.237. The molecule has 2 heterocycles. The molecule has 3 rings (SSSR count). The molecule has 0 aliphatic carbocycles. The number of hydrogen-bond acceptors (Lipinski definition) is 3. The number of alkyl halides is 1. The largest absolute Gasteiger partial charge is 0.337 e. The molecule has 1 unspecified atom stereocenters. The van der Waals surface area contributed by atoms with E-state index < -0.39 is 11.7 Å². The molecule has 1 aromatic rings. The van der Waals surface area contributed by atoms with Gasteiger partial charge in [-0.15, -0.1) is 0 Å². The number of amides is 4. The predicted molar refractivity (Wildman–Crippen MR) is 85.2 cm³/mol. The Labute approximate surface area is 143 Å². The quantitative estimate of drug-likeness (QED) is 0.898. The number of carbonyl (C=O) groups excluding carboxylic acids is 3. The molecule has 2 saturated heterocycles. The highest BCUT2D eigenvalue weighted by Crippen LogP contribution is 2.37. The monoisotopic (exact) mass is 353 g/mol. The van der Waals surface area contributed by atoms with Gasteiger partial charge in [-0.25, -0.2) is 9.18 Å². The summed E-state index contributed by atoms with van der Waals surface area (Å²) in [6, 6.07) is 5.99. The average molecular weight is 354 g/mol. The topological polar surface area (TPSA) is 69.7 Å². The second kappa shape index (κ2) is 6.39. The second-order valence-electron chi connectivity index (χ2n) is 6.07. The van der Waals surface area contributed by atoms with Crippen LogP contribution in [0, 0.1) is 0 Å². The lowest BCUT2D eigenvalue weighted by atomic mass is 9.95. The van der Waals surface area contributed by atoms with E-state index >= 15 is 4.39 Å². The van der Waals surface area contributed by atoms with Gasteiger partial charge in [0.1, 0.15) is 6.54 Å². The summed E-state index contributed by atoms with van der Waals surface area (Å²) in [7, 11) is 0. The van der Waals surface area contributed by atoms with Gasteiger partial charge in [0, 0.05) is 31.0 Å². The van der Waals surface area contributed by atoms with Crippen molar-refractivity contribution in [1.29, 1.82) is 0 Å². The van der Waals surface area contributed by atoms with Crippen molar-refractivity contribution in [2.24, 2.45) is 0 Å². The number of carbonyl (C=O) groups is 3. The van der Waals surface area contributed by atoms with E-state index in [-0.39, 0.29) is 50.8 Å². The predicted octanol–water partition coefficient (Wildman–Crippen LogP) is 1.68. The van der Waals surface area contributed by atoms with Crippen molar-refractivity contribution in [2.75, 3.05) is 26.2 Å². The van der Waals surface area contributed by atoms with E-state index in [1.807, 2.05) is 0 Å². The molecule has 2 aliphatic rings. The average Bonchev–Trinajstić information content (AvgIpc) is 2.94. The SMILES string of the molecule is O=C1CCN(CC(=O)N2CCC(F)(c3cccc(Cl)c3)C2)C(=O)N1. The summed E-state index contributed by atoms with van der Waals surface area (Å²) in [5.41, 5.74) is -1.19. The first-order chi connectivity index (χ1) is 11.4. The molecule has 0 spiro atoms. The molecule has 0 radical (unpaired) electrons. The Bertz CT molecular complexity index is 699. The van der Waals surface area contributed by atoms with E-state index in [1.165, 1.54) is 9.80 Å². The number of hydrogen-bond donors (Lipinski definition) is 1. The molecule has 4 amide bonds. The summed E-state index contributed by atoms with van der Waals surface area (Å²) in [4.78, 5) is 37.8. The van der Waals surface area contributed by atoms with Crippen LogP contribution in [0.25, 0.3) is 0 Å². The summed E-state index contributed by atoms with van der Waals surface area (Å²) in [5.74, 6) is -0.686. The normalized spacial score (nSPS) is 24.2. The van der Waals surface area contributed by atoms with Gasteiger partial charge in [0.05, 0.1) is 6.54 Å². The van der Waals surface area contributed by atoms with Crippen molar-refractivity contribution in [3.63, 3.8) is 0 Å². The van der Waals surface area contributed by atoms with Crippen LogP contribution in [0.1, 0.15) is 18.4 Å². The first-order valence-electron chi connectivity index (χ1n) is 7.69. The molecular formula is C16H17ClFN3O3. The van der Waals surface area contributed by atoms with Crippen molar-refractivity contribution in [3.05, 3.63) is 34.9 Å². The Morgan fingerprint density at radius 2 is 2.12 bits per heavy atom. The Hall–Kier alpha value is -2.15. The van der Waals surface area contributed by atoms with E-state index in [1.54, 1.807) is 24.3 Å². The third kappa shape index (κ3) is 3.36. The minimum atomic E-state index is -1.64. The van der Waals surface area contributed by atoms with E-state index in [9.17, 15) is 14.4 Å². The second-order valence-corrected chi connectivity index (χ2v) is 6.50. The fraction of sp³-hybridized carbons (Fsp3) is 0.438. The molecule has 0 saturated carbocycles. The van der Waals surface area contributed by atoms with Crippen molar-refractivity contribution in [1.82, 2.24) is 15.1 Å². The molecule has 0 bridgehead atoms. The van der Waals surface area contributed by atoms with Crippen LogP contribution in [0.4, 0.5) is 9.18 Å². The lowest BCUT2D eigenvalue weighted by molar-refractivity contribution is -0.132. The summed E-state index contributed by atoms with van der Waals surface area (Å²) in [6.07, 6.45) is 0.346. The van der Waals surface area contributed by atoms with Gasteiger partial charge in [-0.05, 0) is 17.7 Å². The van der Waals surface area contributed by atoms with Crippen LogP contribution in [0.2, 0.25) is 5.02 Å². The maximum absolute atomic E-state index is 15.2. The van der Waals surface area contributed by atoms with Crippen molar-refractivity contribution in [3.8, 4) is 0 Å². The lowest BCUT2D eigenvalue weighted by Gasteiger charge is -2.28. The van der Waals surface area contributed by atoms with Crippen molar-refractivity contribution < 1.29 is 18.8 Å². The highest BCUT2D eigenvalue weighted by Gasteiger charge is 2.42. The van der Waals surface area contributed by atoms with Gasteiger partial charge in [0.2, 0.25) is 11.8 Å². The molecule has 0 aromatic heterocycles. The number of rotatable bonds is 3. The third-order valence-electron chi connectivity index (χ3n) is 4.38. The zero-order valence-electron chi connectivity index (χ0n) is 12.9. The van der Waals surface area contributed by atoms with Crippen LogP contribution < -0.4 is 5.32 Å². The number of benzene rings is 1. The molecule has 8 heteroatoms. The summed E-state index contributed by atoms with van der Waals surface area (Å²) < 4.78 is 15.2. The lowest BCUT2D eigenvalue weighted by Crippen LogP contribution is -2.52. The highest BCUT2D eigenvalue weighted by molar-refractivity contribution is 6.30. The summed E-state index contributed by atoms with van der Waals surface area (Å²) >= 11 is 5.92. The Balaban J connectivity index is 1.64. The first kappa shape index (κ1) is 16.7. The minimum absolute atomic E-state index is 0.0689. The molecule has 1 aromatic carbocycles. The van der Waals surface area contributed by atoms with Crippen LogP contribution in [0.3, 0.4) is 0 Å². The van der Waals surface area contributed by atoms with E-state index in [2.05, 4.69) is 5.32 Å². The maximum Gasteiger partial charge on any atom is 0.324 e. The molecule has 1 atom stereocenters. The van der Waals surface area contributed by atoms with Gasteiger partial charge in [0.15, 0.2) is 5.67 Å². The first-order valence-corrected chi connectivity index (χ1v) is 8.07. The standard InChI is InChI=1S/C16H17ClFN3O3/c17-12-3-1-2-11(8-12)16(18)5-7-21(10-16)14(23)9-20-6-4-13(22)19-15(20)24/h1-3,8H,4-7,9-10H2,(H,19,22,24). The van der Waals surface area contributed by atoms with E-state index in [0.717, 1.165) is 0 Å². The van der Waals surface area contributed by atoms with E-state index in [4.69, 9.17) is 11.6 Å². The van der Waals surface area contributed by atoms with Crippen molar-refractivity contribution >= 4 is 29.4 Å². The van der Waals surface area contributed by atoms with Crippen LogP contribution in [-0.2, 0) is 15.3 Å². The molecule has 2 aliphatic heterocycles. The van der Waals surface area contributed by atoms with E-state index in [0.29, 0.717) is 10.6 Å². The number of nitrogens with zero attached hydrogens (tertiary/aromatic N) is 2. The molecule has 24 heavy (non-hydrogen) atoms. The Kier molecular flexibility index (Phi) is 4.45. The third-order valence-corrected chi connectivity index (χ3v) is 4.62. The maximum atomic E-state index is 15.2. The number of nitrogens with one attached hydrogen (secondary N) is 1. The number of likely N-dealkylation sites (tertiary alicyclic amines) is 1. The van der Waals surface area contributed by atoms with Gasteiger partial charge < -0.3 is 9.80 Å². The van der Waals surface area contributed by atoms with Crippen LogP contribution in [0.15, 0.2) is 24.3 Å². The van der Waals surface area contributed by atoms with Crippen molar-refractivity contribution in [2.45, 2.75) is 18.5 Å². The Morgan fingerprint density at radius 1 is 1.33 bits per heavy atom. The van der Waals surface area contributed by atoms with Crippen LogP contribution in [0.5, 0.6) is 0 Å². The fourth-order valence-electron chi connectivity index (χ4n) is 3.00. The Morgan fingerprint density at radius 3 is 2.83 bits per heavy atom. The molecule has 6 nitrogen and oxygen atoms in total. The van der Waals surface area contributed by atoms with Crippen LogP contribution >= 0.6 is 11.6 Å². The van der Waals surface area contributed by atoms with Crippen LogP contribution in [-0.4, -0.2) is 53.8 Å².